The van der Waals surface area contributed by atoms with Gasteiger partial charge in [-0.3, -0.25) is 0 Å². The second-order valence-electron chi connectivity index (χ2n) is 4.73. The van der Waals surface area contributed by atoms with E-state index < -0.39 is 0 Å². The molecule has 0 saturated heterocycles. The van der Waals surface area contributed by atoms with Crippen LogP contribution in [-0.2, 0) is 13.6 Å². The molecule has 0 atom stereocenters. The second-order valence-corrected chi connectivity index (χ2v) is 6.64. The number of nitrogens with zero attached hydrogens (tertiary/aromatic N) is 4. The Kier molecular flexibility index (Phi) is 7.13. The molecule has 0 spiro atoms. The largest absolute Gasteiger partial charge is 0.493 e. The van der Waals surface area contributed by atoms with Gasteiger partial charge in [0.1, 0.15) is 0 Å². The Balaban J connectivity index is 1.79. The molecule has 0 aliphatic rings. The Morgan fingerprint density at radius 3 is 2.78 bits per heavy atom. The number of benzene rings is 1. The number of methoxy groups -OCH3 is 2. The predicted molar refractivity (Wildman–Crippen MR) is 93.1 cm³/mol. The van der Waals surface area contributed by atoms with Gasteiger partial charge in [0.25, 0.3) is 0 Å². The number of tetrazole rings is 1. The SMILES string of the molecule is COc1ccc(Br)c(CNCCCSc2nnnn2C)c1OC. The fraction of sp³-hybridized carbons (Fsp3) is 0.500. The maximum Gasteiger partial charge on any atom is 0.209 e. The van der Waals surface area contributed by atoms with Crippen LogP contribution in [0.2, 0.25) is 0 Å². The second kappa shape index (κ2) is 9.09. The van der Waals surface area contributed by atoms with E-state index in [2.05, 4.69) is 36.8 Å². The molecule has 7 nitrogen and oxygen atoms in total. The first-order valence-corrected chi connectivity index (χ1v) is 8.90. The lowest BCUT2D eigenvalue weighted by molar-refractivity contribution is 0.350. The molecule has 0 radical (unpaired) electrons. The van der Waals surface area contributed by atoms with Crippen molar-refractivity contribution < 1.29 is 9.47 Å². The smallest absolute Gasteiger partial charge is 0.209 e. The highest BCUT2D eigenvalue weighted by Gasteiger charge is 2.13. The van der Waals surface area contributed by atoms with Crippen LogP contribution in [0, 0.1) is 0 Å². The van der Waals surface area contributed by atoms with Crippen LogP contribution in [0.5, 0.6) is 11.5 Å². The van der Waals surface area contributed by atoms with Crippen molar-refractivity contribution in [3.63, 3.8) is 0 Å². The van der Waals surface area contributed by atoms with E-state index in [1.165, 1.54) is 0 Å². The minimum atomic E-state index is 0.705. The first-order valence-electron chi connectivity index (χ1n) is 7.12. The predicted octanol–water partition coefficient (Wildman–Crippen LogP) is 2.26. The third-order valence-electron chi connectivity index (χ3n) is 3.20. The highest BCUT2D eigenvalue weighted by atomic mass is 79.9. The third kappa shape index (κ3) is 4.82. The maximum atomic E-state index is 5.46. The molecule has 0 aliphatic carbocycles. The molecular weight excluding hydrogens is 382 g/mol. The van der Waals surface area contributed by atoms with Crippen LogP contribution in [0.4, 0.5) is 0 Å². The lowest BCUT2D eigenvalue weighted by atomic mass is 10.2. The van der Waals surface area contributed by atoms with E-state index in [-0.39, 0.29) is 0 Å². The van der Waals surface area contributed by atoms with E-state index in [0.717, 1.165) is 45.4 Å². The number of halogens is 1. The molecule has 9 heteroatoms. The van der Waals surface area contributed by atoms with Crippen molar-refractivity contribution in [1.29, 1.82) is 0 Å². The molecule has 1 aromatic heterocycles. The topological polar surface area (TPSA) is 74.1 Å². The Bertz CT molecular complexity index is 638. The Hall–Kier alpha value is -1.32. The van der Waals surface area contributed by atoms with Gasteiger partial charge in [-0.1, -0.05) is 27.7 Å². The summed E-state index contributed by atoms with van der Waals surface area (Å²) in [6.07, 6.45) is 1.02. The van der Waals surface area contributed by atoms with E-state index in [1.54, 1.807) is 30.7 Å². The highest BCUT2D eigenvalue weighted by molar-refractivity contribution is 9.10. The quantitative estimate of drug-likeness (QED) is 0.510. The summed E-state index contributed by atoms with van der Waals surface area (Å²) in [5.41, 5.74) is 1.05. The number of rotatable bonds is 9. The van der Waals surface area contributed by atoms with Gasteiger partial charge in [0.15, 0.2) is 11.5 Å². The molecule has 0 bridgehead atoms. The van der Waals surface area contributed by atoms with E-state index in [1.807, 2.05) is 19.2 Å². The van der Waals surface area contributed by atoms with Crippen molar-refractivity contribution >= 4 is 27.7 Å². The van der Waals surface area contributed by atoms with E-state index >= 15 is 0 Å². The van der Waals surface area contributed by atoms with E-state index in [9.17, 15) is 0 Å². The molecule has 0 fully saturated rings. The Labute approximate surface area is 148 Å². The van der Waals surface area contributed by atoms with Crippen molar-refractivity contribution in [2.24, 2.45) is 7.05 Å². The molecule has 23 heavy (non-hydrogen) atoms. The summed E-state index contributed by atoms with van der Waals surface area (Å²) >= 11 is 5.21. The van der Waals surface area contributed by atoms with Gasteiger partial charge in [-0.25, -0.2) is 4.68 Å². The van der Waals surface area contributed by atoms with E-state index in [4.69, 9.17) is 9.47 Å². The highest BCUT2D eigenvalue weighted by Crippen LogP contribution is 2.35. The van der Waals surface area contributed by atoms with Crippen molar-refractivity contribution in [2.45, 2.75) is 18.1 Å². The van der Waals surface area contributed by atoms with Gasteiger partial charge in [0.2, 0.25) is 5.16 Å². The van der Waals surface area contributed by atoms with Crippen LogP contribution >= 0.6 is 27.7 Å². The molecule has 1 heterocycles. The molecule has 0 unspecified atom stereocenters. The molecule has 0 amide bonds. The number of aromatic nitrogens is 4. The molecule has 126 valence electrons. The van der Waals surface area contributed by atoms with Gasteiger partial charge >= 0.3 is 0 Å². The van der Waals surface area contributed by atoms with Crippen LogP contribution in [0.1, 0.15) is 12.0 Å². The summed E-state index contributed by atoms with van der Waals surface area (Å²) in [5, 5.41) is 15.6. The molecule has 0 saturated carbocycles. The van der Waals surface area contributed by atoms with Crippen LogP contribution in [-0.4, -0.2) is 46.7 Å². The standard InChI is InChI=1S/C14H20BrN5O2S/c1-20-14(17-18-19-20)23-8-4-7-16-9-10-11(15)5-6-12(21-2)13(10)22-3/h5-6,16H,4,7-9H2,1-3H3. The lowest BCUT2D eigenvalue weighted by Crippen LogP contribution is -2.16. The van der Waals surface area contributed by atoms with Crippen LogP contribution in [0.25, 0.3) is 0 Å². The normalized spacial score (nSPS) is 10.8. The number of nitrogens with one attached hydrogen (secondary N) is 1. The minimum absolute atomic E-state index is 0.705. The zero-order valence-corrected chi connectivity index (χ0v) is 15.8. The molecule has 2 rings (SSSR count). The van der Waals surface area contributed by atoms with Gasteiger partial charge in [-0.05, 0) is 35.5 Å². The average molecular weight is 402 g/mol. The van der Waals surface area contributed by atoms with Crippen LogP contribution < -0.4 is 14.8 Å². The lowest BCUT2D eigenvalue weighted by Gasteiger charge is -2.15. The minimum Gasteiger partial charge on any atom is -0.493 e. The fourth-order valence-electron chi connectivity index (χ4n) is 2.05. The number of hydrogen-bond donors (Lipinski definition) is 1. The third-order valence-corrected chi connectivity index (χ3v) is 5.04. The maximum absolute atomic E-state index is 5.46. The average Bonchev–Trinajstić information content (AvgIpc) is 2.96. The Morgan fingerprint density at radius 2 is 2.13 bits per heavy atom. The van der Waals surface area contributed by atoms with E-state index in [0.29, 0.717) is 6.54 Å². The van der Waals surface area contributed by atoms with Crippen LogP contribution in [0.15, 0.2) is 21.8 Å². The number of ether oxygens (including phenoxy) is 2. The fourth-order valence-corrected chi connectivity index (χ4v) is 3.29. The Morgan fingerprint density at radius 1 is 1.30 bits per heavy atom. The summed E-state index contributed by atoms with van der Waals surface area (Å²) in [4.78, 5) is 0. The monoisotopic (exact) mass is 401 g/mol. The van der Waals surface area contributed by atoms with Gasteiger partial charge in [-0.2, -0.15) is 0 Å². The summed E-state index contributed by atoms with van der Waals surface area (Å²) < 4.78 is 13.5. The van der Waals surface area contributed by atoms with Crippen molar-refractivity contribution in [2.75, 3.05) is 26.5 Å². The summed E-state index contributed by atoms with van der Waals surface area (Å²) in [6.45, 7) is 1.60. The number of hydrogen-bond acceptors (Lipinski definition) is 7. The van der Waals surface area contributed by atoms with Crippen LogP contribution in [0.3, 0.4) is 0 Å². The number of thioether (sulfide) groups is 1. The molecule has 1 N–H and O–H groups in total. The van der Waals surface area contributed by atoms with Gasteiger partial charge in [0.05, 0.1) is 14.2 Å². The zero-order valence-electron chi connectivity index (χ0n) is 13.4. The molecule has 2 aromatic rings. The van der Waals surface area contributed by atoms with Crippen molar-refractivity contribution in [1.82, 2.24) is 25.5 Å². The van der Waals surface area contributed by atoms with Crippen molar-refractivity contribution in [3.8, 4) is 11.5 Å². The molecular formula is C14H20BrN5O2S. The van der Waals surface area contributed by atoms with Gasteiger partial charge < -0.3 is 14.8 Å². The summed E-state index contributed by atoms with van der Waals surface area (Å²) in [5.74, 6) is 2.45. The summed E-state index contributed by atoms with van der Waals surface area (Å²) in [7, 11) is 5.13. The first kappa shape index (κ1) is 18.0. The number of aryl methyl sites for hydroxylation is 1. The zero-order chi connectivity index (χ0) is 16.7. The van der Waals surface area contributed by atoms with Crippen molar-refractivity contribution in [3.05, 3.63) is 22.2 Å². The molecule has 1 aromatic carbocycles. The van der Waals surface area contributed by atoms with Gasteiger partial charge in [0, 0.05) is 29.4 Å². The molecule has 0 aliphatic heterocycles. The van der Waals surface area contributed by atoms with Gasteiger partial charge in [-0.15, -0.1) is 5.10 Å². The first-order chi connectivity index (χ1) is 11.2. The summed E-state index contributed by atoms with van der Waals surface area (Å²) in [6, 6.07) is 3.85.